The van der Waals surface area contributed by atoms with Crippen molar-refractivity contribution in [3.63, 3.8) is 0 Å². The minimum atomic E-state index is 0.717. The molecular weight excluding hydrogens is 268 g/mol. The van der Waals surface area contributed by atoms with Crippen LogP contribution in [-0.2, 0) is 0 Å². The van der Waals surface area contributed by atoms with Gasteiger partial charge in [0.25, 0.3) is 0 Å². The second-order valence-electron chi connectivity index (χ2n) is 5.92. The number of nitrogens with one attached hydrogen (secondary N) is 1. The van der Waals surface area contributed by atoms with Gasteiger partial charge < -0.3 is 5.32 Å². The van der Waals surface area contributed by atoms with Crippen molar-refractivity contribution in [2.75, 3.05) is 11.9 Å². The van der Waals surface area contributed by atoms with E-state index < -0.39 is 0 Å². The molecule has 3 atom stereocenters. The van der Waals surface area contributed by atoms with Crippen LogP contribution in [0, 0.1) is 17.8 Å². The fourth-order valence-electron chi connectivity index (χ4n) is 3.66. The Kier molecular flexibility index (Phi) is 2.92. The van der Waals surface area contributed by atoms with E-state index >= 15 is 0 Å². The first-order chi connectivity index (χ1) is 9.81. The first-order valence-electron chi connectivity index (χ1n) is 7.26. The summed E-state index contributed by atoms with van der Waals surface area (Å²) in [4.78, 5) is 4.38. The van der Waals surface area contributed by atoms with Gasteiger partial charge in [-0.2, -0.15) is 0 Å². The lowest BCUT2D eigenvalue weighted by atomic mass is 9.93. The molecule has 0 spiro atoms. The summed E-state index contributed by atoms with van der Waals surface area (Å²) in [6.45, 7) is 1.04. The zero-order valence-electron chi connectivity index (χ0n) is 11.2. The van der Waals surface area contributed by atoms with Crippen LogP contribution in [0.15, 0.2) is 42.6 Å². The van der Waals surface area contributed by atoms with Gasteiger partial charge in [0, 0.05) is 23.8 Å². The predicted molar refractivity (Wildman–Crippen MR) is 84.1 cm³/mol. The summed E-state index contributed by atoms with van der Waals surface area (Å²) in [5.41, 5.74) is 2.02. The van der Waals surface area contributed by atoms with Crippen LogP contribution in [0.25, 0.3) is 10.9 Å². The van der Waals surface area contributed by atoms with Crippen molar-refractivity contribution in [1.82, 2.24) is 4.98 Å². The number of halogens is 1. The van der Waals surface area contributed by atoms with Crippen molar-refractivity contribution < 1.29 is 0 Å². The van der Waals surface area contributed by atoms with Crippen molar-refractivity contribution in [3.8, 4) is 0 Å². The Morgan fingerprint density at radius 3 is 2.95 bits per heavy atom. The molecule has 1 saturated carbocycles. The Hall–Kier alpha value is -1.54. The van der Waals surface area contributed by atoms with E-state index in [1.807, 2.05) is 12.1 Å². The smallest absolute Gasteiger partial charge is 0.0908 e. The second-order valence-corrected chi connectivity index (χ2v) is 6.32. The highest BCUT2D eigenvalue weighted by Gasteiger charge is 2.35. The molecule has 3 heteroatoms. The van der Waals surface area contributed by atoms with Crippen molar-refractivity contribution in [2.45, 2.75) is 12.8 Å². The maximum absolute atomic E-state index is 6.21. The standard InChI is InChI=1S/C17H17ClN2/c18-15-5-6-16(14-2-1-7-19-17(14)15)20-10-13-9-11-3-4-12(13)8-11/h1-7,11-13,20H,8-10H2. The number of aromatic nitrogens is 1. The van der Waals surface area contributed by atoms with E-state index in [2.05, 4.69) is 34.6 Å². The number of fused-ring (bicyclic) bond motifs is 3. The van der Waals surface area contributed by atoms with E-state index in [9.17, 15) is 0 Å². The summed E-state index contributed by atoms with van der Waals surface area (Å²) in [5, 5.41) is 5.44. The van der Waals surface area contributed by atoms with Crippen LogP contribution in [0.1, 0.15) is 12.8 Å². The van der Waals surface area contributed by atoms with E-state index in [4.69, 9.17) is 11.6 Å². The Morgan fingerprint density at radius 2 is 2.15 bits per heavy atom. The first-order valence-corrected chi connectivity index (χ1v) is 7.64. The Morgan fingerprint density at radius 1 is 1.20 bits per heavy atom. The Balaban J connectivity index is 1.57. The van der Waals surface area contributed by atoms with Gasteiger partial charge in [0.1, 0.15) is 0 Å². The predicted octanol–water partition coefficient (Wildman–Crippen LogP) is 4.51. The molecule has 1 heterocycles. The van der Waals surface area contributed by atoms with Gasteiger partial charge in [-0.25, -0.2) is 0 Å². The molecule has 2 aliphatic carbocycles. The molecule has 0 aliphatic heterocycles. The monoisotopic (exact) mass is 284 g/mol. The summed E-state index contributed by atoms with van der Waals surface area (Å²) in [7, 11) is 0. The summed E-state index contributed by atoms with van der Waals surface area (Å²) >= 11 is 6.21. The third-order valence-electron chi connectivity index (χ3n) is 4.69. The number of allylic oxidation sites excluding steroid dienone is 2. The lowest BCUT2D eigenvalue weighted by molar-refractivity contribution is 0.472. The van der Waals surface area contributed by atoms with Gasteiger partial charge in [-0.3, -0.25) is 4.98 Å². The van der Waals surface area contributed by atoms with Crippen molar-refractivity contribution >= 4 is 28.2 Å². The van der Waals surface area contributed by atoms with Crippen molar-refractivity contribution in [3.05, 3.63) is 47.6 Å². The molecule has 102 valence electrons. The third kappa shape index (κ3) is 1.99. The highest BCUT2D eigenvalue weighted by Crippen LogP contribution is 2.43. The van der Waals surface area contributed by atoms with E-state index in [0.717, 1.165) is 40.9 Å². The van der Waals surface area contributed by atoms with Gasteiger partial charge in [0.15, 0.2) is 0 Å². The number of pyridine rings is 1. The minimum absolute atomic E-state index is 0.717. The first kappa shape index (κ1) is 12.2. The minimum Gasteiger partial charge on any atom is -0.384 e. The number of benzene rings is 1. The SMILES string of the molecule is Clc1ccc(NCC2CC3C=CC2C3)c2cccnc12. The van der Waals surface area contributed by atoms with E-state index in [1.165, 1.54) is 12.8 Å². The zero-order valence-corrected chi connectivity index (χ0v) is 12.0. The normalized spacial score (nSPS) is 27.4. The number of anilines is 1. The van der Waals surface area contributed by atoms with Crippen LogP contribution in [-0.4, -0.2) is 11.5 Å². The second kappa shape index (κ2) is 4.78. The fraction of sp³-hybridized carbons (Fsp3) is 0.353. The largest absolute Gasteiger partial charge is 0.384 e. The summed E-state index contributed by atoms with van der Waals surface area (Å²) in [6.07, 6.45) is 9.27. The zero-order chi connectivity index (χ0) is 13.5. The number of hydrogen-bond acceptors (Lipinski definition) is 2. The van der Waals surface area contributed by atoms with Crippen LogP contribution in [0.5, 0.6) is 0 Å². The van der Waals surface area contributed by atoms with Gasteiger partial charge in [-0.05, 0) is 54.9 Å². The lowest BCUT2D eigenvalue weighted by Gasteiger charge is -2.20. The highest BCUT2D eigenvalue weighted by molar-refractivity contribution is 6.35. The molecule has 2 aromatic rings. The van der Waals surface area contributed by atoms with Gasteiger partial charge in [-0.15, -0.1) is 0 Å². The van der Waals surface area contributed by atoms with E-state index in [1.54, 1.807) is 6.20 Å². The molecule has 1 N–H and O–H groups in total. The molecule has 0 amide bonds. The van der Waals surface area contributed by atoms with Crippen LogP contribution in [0.2, 0.25) is 5.02 Å². The average molecular weight is 285 g/mol. The molecule has 20 heavy (non-hydrogen) atoms. The fourth-order valence-corrected chi connectivity index (χ4v) is 3.88. The number of hydrogen-bond donors (Lipinski definition) is 1. The van der Waals surface area contributed by atoms with Crippen LogP contribution in [0.4, 0.5) is 5.69 Å². The van der Waals surface area contributed by atoms with Gasteiger partial charge >= 0.3 is 0 Å². The maximum atomic E-state index is 6.21. The van der Waals surface area contributed by atoms with Crippen LogP contribution < -0.4 is 5.32 Å². The molecule has 2 aliphatic rings. The van der Waals surface area contributed by atoms with Crippen molar-refractivity contribution in [1.29, 1.82) is 0 Å². The molecule has 1 aromatic heterocycles. The highest BCUT2D eigenvalue weighted by atomic mass is 35.5. The van der Waals surface area contributed by atoms with Gasteiger partial charge in [0.05, 0.1) is 10.5 Å². The third-order valence-corrected chi connectivity index (χ3v) is 5.00. The molecule has 3 unspecified atom stereocenters. The Bertz CT molecular complexity index is 680. The summed E-state index contributed by atoms with van der Waals surface area (Å²) in [6, 6.07) is 8.04. The van der Waals surface area contributed by atoms with Gasteiger partial charge in [0.2, 0.25) is 0 Å². The molecule has 1 aromatic carbocycles. The molecule has 4 rings (SSSR count). The molecule has 1 fully saturated rings. The van der Waals surface area contributed by atoms with E-state index in [-0.39, 0.29) is 0 Å². The lowest BCUT2D eigenvalue weighted by Crippen LogP contribution is -2.18. The summed E-state index contributed by atoms with van der Waals surface area (Å²) in [5.74, 6) is 2.38. The topological polar surface area (TPSA) is 24.9 Å². The molecular formula is C17H17ClN2. The van der Waals surface area contributed by atoms with Crippen molar-refractivity contribution in [2.24, 2.45) is 17.8 Å². The maximum Gasteiger partial charge on any atom is 0.0908 e. The average Bonchev–Trinajstić information content (AvgIpc) is 3.09. The number of rotatable bonds is 3. The van der Waals surface area contributed by atoms with Gasteiger partial charge in [-0.1, -0.05) is 23.8 Å². The molecule has 2 nitrogen and oxygen atoms in total. The quantitative estimate of drug-likeness (QED) is 0.839. The van der Waals surface area contributed by atoms with Crippen LogP contribution in [0.3, 0.4) is 0 Å². The molecule has 0 saturated heterocycles. The van der Waals surface area contributed by atoms with Crippen LogP contribution >= 0.6 is 11.6 Å². The molecule has 0 radical (unpaired) electrons. The summed E-state index contributed by atoms with van der Waals surface area (Å²) < 4.78 is 0. The number of nitrogens with zero attached hydrogens (tertiary/aromatic N) is 1. The van der Waals surface area contributed by atoms with E-state index in [0.29, 0.717) is 5.02 Å². The molecule has 2 bridgehead atoms. The Labute approximate surface area is 123 Å².